The molecule has 2 atom stereocenters. The quantitative estimate of drug-likeness (QED) is 0.809. The Hall–Kier alpha value is -1.59. The van der Waals surface area contributed by atoms with Crippen molar-refractivity contribution in [1.82, 2.24) is 9.47 Å². The van der Waals surface area contributed by atoms with Gasteiger partial charge in [0, 0.05) is 43.9 Å². The highest BCUT2D eigenvalue weighted by Gasteiger charge is 2.34. The van der Waals surface area contributed by atoms with Crippen LogP contribution in [0.4, 0.5) is 0 Å². The molecule has 1 aromatic carbocycles. The zero-order valence-electron chi connectivity index (χ0n) is 13.7. The van der Waals surface area contributed by atoms with Gasteiger partial charge in [-0.1, -0.05) is 12.1 Å². The molecule has 4 nitrogen and oxygen atoms in total. The first-order valence-corrected chi connectivity index (χ1v) is 9.18. The molecule has 0 aliphatic carbocycles. The summed E-state index contributed by atoms with van der Waals surface area (Å²) < 4.78 is 8.29. The van der Waals surface area contributed by atoms with Crippen molar-refractivity contribution in [3.05, 3.63) is 62.5 Å². The maximum atomic E-state index is 12.1. The molecule has 5 heteroatoms. The van der Waals surface area contributed by atoms with Gasteiger partial charge in [-0.25, -0.2) is 0 Å². The molecule has 0 radical (unpaired) electrons. The molecule has 1 fully saturated rings. The number of methoxy groups -OCH3 is 1. The smallest absolute Gasteiger partial charge is 0.250 e. The average Bonchev–Trinajstić information content (AvgIpc) is 2.56. The van der Waals surface area contributed by atoms with Crippen LogP contribution in [0.25, 0.3) is 0 Å². The van der Waals surface area contributed by atoms with E-state index in [-0.39, 0.29) is 5.56 Å². The molecule has 2 aliphatic heterocycles. The van der Waals surface area contributed by atoms with Gasteiger partial charge in [0.1, 0.15) is 5.75 Å². The fraction of sp³-hybridized carbons (Fsp3) is 0.421. The van der Waals surface area contributed by atoms with Crippen LogP contribution in [0.2, 0.25) is 0 Å². The number of benzene rings is 1. The number of hydrogen-bond donors (Lipinski definition) is 0. The Bertz CT molecular complexity index is 817. The first-order chi connectivity index (χ1) is 11.6. The minimum atomic E-state index is 0.148. The lowest BCUT2D eigenvalue weighted by Crippen LogP contribution is -2.46. The van der Waals surface area contributed by atoms with Crippen LogP contribution in [-0.4, -0.2) is 29.7 Å². The third-order valence-electron chi connectivity index (χ3n) is 5.18. The molecular weight excluding hydrogens is 368 g/mol. The van der Waals surface area contributed by atoms with Gasteiger partial charge >= 0.3 is 0 Å². The van der Waals surface area contributed by atoms with Crippen molar-refractivity contribution in [2.24, 2.45) is 5.92 Å². The van der Waals surface area contributed by atoms with Crippen molar-refractivity contribution in [3.63, 3.8) is 0 Å². The van der Waals surface area contributed by atoms with Crippen LogP contribution in [0.5, 0.6) is 5.75 Å². The van der Waals surface area contributed by atoms with Crippen molar-refractivity contribution in [2.45, 2.75) is 25.4 Å². The highest BCUT2D eigenvalue weighted by Crippen LogP contribution is 2.35. The number of hydrogen-bond acceptors (Lipinski definition) is 3. The van der Waals surface area contributed by atoms with E-state index < -0.39 is 0 Å². The van der Waals surface area contributed by atoms with Gasteiger partial charge in [0.05, 0.1) is 11.6 Å². The predicted octanol–water partition coefficient (Wildman–Crippen LogP) is 3.24. The second kappa shape index (κ2) is 6.37. The molecule has 1 aromatic heterocycles. The van der Waals surface area contributed by atoms with E-state index in [0.29, 0.717) is 11.8 Å². The van der Waals surface area contributed by atoms with Gasteiger partial charge in [-0.2, -0.15) is 0 Å². The van der Waals surface area contributed by atoms with E-state index in [1.165, 1.54) is 17.7 Å². The molecule has 0 spiro atoms. The highest BCUT2D eigenvalue weighted by atomic mass is 79.9. The summed E-state index contributed by atoms with van der Waals surface area (Å²) in [5.41, 5.74) is 2.64. The number of likely N-dealkylation sites (tertiary alicyclic amines) is 1. The highest BCUT2D eigenvalue weighted by molar-refractivity contribution is 9.10. The first kappa shape index (κ1) is 15.9. The minimum absolute atomic E-state index is 0.148. The van der Waals surface area contributed by atoms with E-state index in [4.69, 9.17) is 4.74 Å². The van der Waals surface area contributed by atoms with Gasteiger partial charge in [-0.15, -0.1) is 0 Å². The van der Waals surface area contributed by atoms with Crippen LogP contribution in [-0.2, 0) is 13.1 Å². The summed E-state index contributed by atoms with van der Waals surface area (Å²) in [6.07, 6.45) is 1.20. The Balaban J connectivity index is 1.54. The fourth-order valence-corrected chi connectivity index (χ4v) is 4.78. The lowest BCUT2D eigenvalue weighted by Gasteiger charge is -2.42. The van der Waals surface area contributed by atoms with Crippen molar-refractivity contribution in [3.8, 4) is 5.75 Å². The lowest BCUT2D eigenvalue weighted by molar-refractivity contribution is 0.114. The summed E-state index contributed by atoms with van der Waals surface area (Å²) in [6, 6.07) is 12.0. The van der Waals surface area contributed by atoms with E-state index in [1.807, 2.05) is 16.7 Å². The SMILES string of the molecule is COc1ccc(CN2C[C@H]3C[C@@H](C2)c2cccc(=O)n2C3)cc1Br. The van der Waals surface area contributed by atoms with E-state index in [0.717, 1.165) is 36.4 Å². The lowest BCUT2D eigenvalue weighted by atomic mass is 9.83. The largest absolute Gasteiger partial charge is 0.496 e. The summed E-state index contributed by atoms with van der Waals surface area (Å²) in [5.74, 6) is 1.90. The van der Waals surface area contributed by atoms with Gasteiger partial charge in [-0.05, 0) is 52.0 Å². The van der Waals surface area contributed by atoms with Crippen molar-refractivity contribution in [1.29, 1.82) is 0 Å². The molecule has 2 bridgehead atoms. The van der Waals surface area contributed by atoms with Gasteiger partial charge < -0.3 is 9.30 Å². The third-order valence-corrected chi connectivity index (χ3v) is 5.80. The molecule has 126 valence electrons. The van der Waals surface area contributed by atoms with Crippen LogP contribution in [0.15, 0.2) is 45.7 Å². The summed E-state index contributed by atoms with van der Waals surface area (Å²) in [6.45, 7) is 3.87. The maximum absolute atomic E-state index is 12.1. The molecule has 2 aliphatic rings. The average molecular weight is 389 g/mol. The van der Waals surface area contributed by atoms with Gasteiger partial charge in [0.15, 0.2) is 0 Å². The monoisotopic (exact) mass is 388 g/mol. The second-order valence-corrected chi connectivity index (χ2v) is 7.72. The van der Waals surface area contributed by atoms with Crippen molar-refractivity contribution < 1.29 is 4.74 Å². The van der Waals surface area contributed by atoms with Gasteiger partial charge in [0.2, 0.25) is 0 Å². The van der Waals surface area contributed by atoms with E-state index in [1.54, 1.807) is 13.2 Å². The Morgan fingerprint density at radius 3 is 2.88 bits per heavy atom. The Morgan fingerprint density at radius 2 is 2.08 bits per heavy atom. The van der Waals surface area contributed by atoms with E-state index in [2.05, 4.69) is 39.0 Å². The summed E-state index contributed by atoms with van der Waals surface area (Å²) in [5, 5.41) is 0. The van der Waals surface area contributed by atoms with Crippen LogP contribution in [0.1, 0.15) is 23.6 Å². The standard InChI is InChI=1S/C19H21BrN2O2/c1-24-18-6-5-13(8-16(18)20)9-21-10-14-7-15(12-21)17-3-2-4-19(23)22(17)11-14/h2-6,8,14-15H,7,9-12H2,1H3/t14-,15+/m1/s1. The predicted molar refractivity (Wildman–Crippen MR) is 97.5 cm³/mol. The molecule has 0 N–H and O–H groups in total. The minimum Gasteiger partial charge on any atom is -0.496 e. The third kappa shape index (κ3) is 2.91. The maximum Gasteiger partial charge on any atom is 0.250 e. The number of fused-ring (bicyclic) bond motifs is 4. The number of halogens is 1. The van der Waals surface area contributed by atoms with Gasteiger partial charge in [-0.3, -0.25) is 9.69 Å². The number of nitrogens with zero attached hydrogens (tertiary/aromatic N) is 2. The van der Waals surface area contributed by atoms with Crippen molar-refractivity contribution in [2.75, 3.05) is 20.2 Å². The number of pyridine rings is 1. The Labute approximate surface area is 150 Å². The second-order valence-electron chi connectivity index (χ2n) is 6.86. The molecule has 4 rings (SSSR count). The molecule has 0 unspecified atom stereocenters. The molecule has 24 heavy (non-hydrogen) atoms. The zero-order chi connectivity index (χ0) is 16.7. The van der Waals surface area contributed by atoms with Crippen LogP contribution >= 0.6 is 15.9 Å². The summed E-state index contributed by atoms with van der Waals surface area (Å²) >= 11 is 3.57. The Kier molecular flexibility index (Phi) is 4.22. The zero-order valence-corrected chi connectivity index (χ0v) is 15.3. The molecule has 3 heterocycles. The first-order valence-electron chi connectivity index (χ1n) is 8.38. The molecule has 0 amide bonds. The molecule has 1 saturated heterocycles. The van der Waals surface area contributed by atoms with Crippen LogP contribution in [0, 0.1) is 5.92 Å². The van der Waals surface area contributed by atoms with E-state index >= 15 is 0 Å². The van der Waals surface area contributed by atoms with Gasteiger partial charge in [0.25, 0.3) is 5.56 Å². The number of rotatable bonds is 3. The Morgan fingerprint density at radius 1 is 1.21 bits per heavy atom. The van der Waals surface area contributed by atoms with Crippen LogP contribution < -0.4 is 10.3 Å². The molecule has 2 aromatic rings. The number of aromatic nitrogens is 1. The fourth-order valence-electron chi connectivity index (χ4n) is 4.19. The summed E-state index contributed by atoms with van der Waals surface area (Å²) in [7, 11) is 1.69. The van der Waals surface area contributed by atoms with Crippen LogP contribution in [0.3, 0.4) is 0 Å². The van der Waals surface area contributed by atoms with Crippen molar-refractivity contribution >= 4 is 15.9 Å². The summed E-state index contributed by atoms with van der Waals surface area (Å²) in [4.78, 5) is 14.6. The number of ether oxygens (including phenoxy) is 1. The normalized spacial score (nSPS) is 22.9. The van der Waals surface area contributed by atoms with E-state index in [9.17, 15) is 4.79 Å². The molecular formula is C19H21BrN2O2. The topological polar surface area (TPSA) is 34.5 Å². The number of piperidine rings is 1. The molecule has 0 saturated carbocycles.